The topological polar surface area (TPSA) is 122 Å². The minimum atomic E-state index is -0.976. The monoisotopic (exact) mass is 420 g/mol. The second-order valence-corrected chi connectivity index (χ2v) is 7.89. The van der Waals surface area contributed by atoms with E-state index in [4.69, 9.17) is 5.73 Å². The number of benzene rings is 2. The van der Waals surface area contributed by atoms with Crippen molar-refractivity contribution in [2.75, 3.05) is 0 Å². The van der Waals surface area contributed by atoms with E-state index in [0.717, 1.165) is 10.5 Å². The molecular formula is C23H24N4O4. The van der Waals surface area contributed by atoms with E-state index in [-0.39, 0.29) is 30.5 Å². The maximum Gasteiger partial charge on any atom is 0.262 e. The van der Waals surface area contributed by atoms with Crippen LogP contribution in [0.25, 0.3) is 0 Å². The molecule has 3 unspecified atom stereocenters. The normalized spacial score (nSPS) is 20.5. The van der Waals surface area contributed by atoms with E-state index in [9.17, 15) is 19.2 Å². The minimum Gasteiger partial charge on any atom is -0.323 e. The van der Waals surface area contributed by atoms with E-state index in [1.807, 2.05) is 37.3 Å². The predicted molar refractivity (Wildman–Crippen MR) is 113 cm³/mol. The Morgan fingerprint density at radius 3 is 2.52 bits per heavy atom. The second kappa shape index (κ2) is 8.41. The number of carbonyl (C=O) groups is 4. The summed E-state index contributed by atoms with van der Waals surface area (Å²) in [4.78, 5) is 50.7. The van der Waals surface area contributed by atoms with Crippen molar-refractivity contribution in [3.8, 4) is 0 Å². The Bertz CT molecular complexity index is 1050. The van der Waals surface area contributed by atoms with Crippen LogP contribution in [0.15, 0.2) is 48.5 Å². The number of carbonyl (C=O) groups excluding carboxylic acids is 4. The smallest absolute Gasteiger partial charge is 0.262 e. The molecule has 2 aliphatic rings. The van der Waals surface area contributed by atoms with Gasteiger partial charge in [-0.25, -0.2) is 0 Å². The molecule has 2 aromatic rings. The molecule has 0 spiro atoms. The third kappa shape index (κ3) is 3.87. The molecule has 2 aromatic carbocycles. The van der Waals surface area contributed by atoms with Gasteiger partial charge < -0.3 is 11.1 Å². The van der Waals surface area contributed by atoms with Crippen molar-refractivity contribution in [3.05, 3.63) is 70.8 Å². The zero-order valence-electron chi connectivity index (χ0n) is 17.1. The van der Waals surface area contributed by atoms with Crippen LogP contribution in [-0.4, -0.2) is 40.6 Å². The maximum atomic E-state index is 13.1. The van der Waals surface area contributed by atoms with Gasteiger partial charge >= 0.3 is 0 Å². The van der Waals surface area contributed by atoms with E-state index in [1.165, 1.54) is 0 Å². The van der Waals surface area contributed by atoms with Gasteiger partial charge in [-0.05, 0) is 30.5 Å². The van der Waals surface area contributed by atoms with Gasteiger partial charge in [0, 0.05) is 25.0 Å². The van der Waals surface area contributed by atoms with E-state index < -0.39 is 29.7 Å². The SMILES string of the molecule is CC(NCc1cccc2c1C(=O)N(C1CCC(=O)NC1=O)C2=O)C(N)c1ccccc1. The molecule has 0 saturated carbocycles. The van der Waals surface area contributed by atoms with Gasteiger partial charge in [0.1, 0.15) is 6.04 Å². The number of nitrogens with one attached hydrogen (secondary N) is 2. The van der Waals surface area contributed by atoms with Crippen LogP contribution in [0.4, 0.5) is 0 Å². The number of amides is 4. The molecule has 0 bridgehead atoms. The number of piperidine rings is 1. The van der Waals surface area contributed by atoms with E-state index in [2.05, 4.69) is 10.6 Å². The minimum absolute atomic E-state index is 0.0864. The van der Waals surface area contributed by atoms with Crippen molar-refractivity contribution in [1.29, 1.82) is 0 Å². The molecule has 1 saturated heterocycles. The highest BCUT2D eigenvalue weighted by molar-refractivity contribution is 6.24. The summed E-state index contributed by atoms with van der Waals surface area (Å²) in [6.07, 6.45) is 0.222. The lowest BCUT2D eigenvalue weighted by Crippen LogP contribution is -2.54. The van der Waals surface area contributed by atoms with Crippen LogP contribution in [-0.2, 0) is 16.1 Å². The molecule has 4 amide bonds. The molecular weight excluding hydrogens is 396 g/mol. The Hall–Kier alpha value is -3.36. The summed E-state index contributed by atoms with van der Waals surface area (Å²) in [6, 6.07) is 13.5. The summed E-state index contributed by atoms with van der Waals surface area (Å²) in [5.74, 6) is -2.03. The lowest BCUT2D eigenvalue weighted by atomic mass is 9.99. The van der Waals surface area contributed by atoms with Crippen LogP contribution >= 0.6 is 0 Å². The van der Waals surface area contributed by atoms with Crippen molar-refractivity contribution >= 4 is 23.6 Å². The molecule has 0 aromatic heterocycles. The zero-order valence-corrected chi connectivity index (χ0v) is 17.1. The van der Waals surface area contributed by atoms with E-state index in [0.29, 0.717) is 17.7 Å². The van der Waals surface area contributed by atoms with Crippen LogP contribution in [0.1, 0.15) is 57.7 Å². The van der Waals surface area contributed by atoms with Crippen LogP contribution < -0.4 is 16.4 Å². The zero-order chi connectivity index (χ0) is 22.1. The fourth-order valence-corrected chi connectivity index (χ4v) is 4.09. The van der Waals surface area contributed by atoms with Crippen molar-refractivity contribution < 1.29 is 19.2 Å². The van der Waals surface area contributed by atoms with Gasteiger partial charge in [-0.15, -0.1) is 0 Å². The van der Waals surface area contributed by atoms with E-state index in [1.54, 1.807) is 18.2 Å². The van der Waals surface area contributed by atoms with Gasteiger partial charge in [0.15, 0.2) is 0 Å². The summed E-state index contributed by atoms with van der Waals surface area (Å²) in [7, 11) is 0. The summed E-state index contributed by atoms with van der Waals surface area (Å²) < 4.78 is 0. The van der Waals surface area contributed by atoms with E-state index >= 15 is 0 Å². The Balaban J connectivity index is 1.52. The number of hydrogen-bond acceptors (Lipinski definition) is 6. The van der Waals surface area contributed by atoms with Crippen molar-refractivity contribution in [2.45, 2.75) is 44.4 Å². The molecule has 8 heteroatoms. The molecule has 1 fully saturated rings. The second-order valence-electron chi connectivity index (χ2n) is 7.89. The summed E-state index contributed by atoms with van der Waals surface area (Å²) >= 11 is 0. The average Bonchev–Trinajstić information content (AvgIpc) is 3.03. The largest absolute Gasteiger partial charge is 0.323 e. The first kappa shape index (κ1) is 20.9. The quantitative estimate of drug-likeness (QED) is 0.605. The van der Waals surface area contributed by atoms with Crippen molar-refractivity contribution in [1.82, 2.24) is 15.5 Å². The molecule has 0 radical (unpaired) electrons. The maximum absolute atomic E-state index is 13.1. The molecule has 0 aliphatic carbocycles. The number of nitrogens with zero attached hydrogens (tertiary/aromatic N) is 1. The summed E-state index contributed by atoms with van der Waals surface area (Å²) in [6.45, 7) is 2.30. The highest BCUT2D eigenvalue weighted by atomic mass is 16.2. The number of nitrogens with two attached hydrogens (primary N) is 1. The number of imide groups is 2. The molecule has 2 aliphatic heterocycles. The van der Waals surface area contributed by atoms with Gasteiger partial charge in [0.05, 0.1) is 11.1 Å². The fourth-order valence-electron chi connectivity index (χ4n) is 4.09. The lowest BCUT2D eigenvalue weighted by Gasteiger charge is -2.28. The Morgan fingerprint density at radius 2 is 1.81 bits per heavy atom. The molecule has 4 rings (SSSR count). The summed E-state index contributed by atoms with van der Waals surface area (Å²) in [5.41, 5.74) is 8.58. The average molecular weight is 420 g/mol. The van der Waals surface area contributed by atoms with Crippen molar-refractivity contribution in [2.24, 2.45) is 5.73 Å². The highest BCUT2D eigenvalue weighted by Crippen LogP contribution is 2.30. The third-order valence-corrected chi connectivity index (χ3v) is 5.89. The predicted octanol–water partition coefficient (Wildman–Crippen LogP) is 1.27. The molecule has 4 N–H and O–H groups in total. The van der Waals surface area contributed by atoms with Crippen molar-refractivity contribution in [3.63, 3.8) is 0 Å². The Morgan fingerprint density at radius 1 is 1.06 bits per heavy atom. The van der Waals surface area contributed by atoms with Crippen LogP contribution in [0.2, 0.25) is 0 Å². The number of rotatable bonds is 6. The summed E-state index contributed by atoms with van der Waals surface area (Å²) in [5, 5.41) is 5.55. The fraction of sp³-hybridized carbons (Fsp3) is 0.304. The molecule has 8 nitrogen and oxygen atoms in total. The molecule has 3 atom stereocenters. The van der Waals surface area contributed by atoms with Gasteiger partial charge in [0.25, 0.3) is 11.8 Å². The Kier molecular flexibility index (Phi) is 5.67. The van der Waals surface area contributed by atoms with Gasteiger partial charge in [-0.2, -0.15) is 0 Å². The van der Waals surface area contributed by atoms with Gasteiger partial charge in [-0.1, -0.05) is 42.5 Å². The van der Waals surface area contributed by atoms with Crippen LogP contribution in [0.5, 0.6) is 0 Å². The molecule has 160 valence electrons. The standard InChI is InChI=1S/C23H24N4O4/c1-13(20(24)14-6-3-2-4-7-14)25-12-15-8-5-9-16-19(15)23(31)27(22(16)30)17-10-11-18(28)26-21(17)29/h2-9,13,17,20,25H,10-12,24H2,1H3,(H,26,28,29). The van der Waals surface area contributed by atoms with Gasteiger partial charge in [-0.3, -0.25) is 29.4 Å². The number of hydrogen-bond donors (Lipinski definition) is 3. The molecule has 2 heterocycles. The first-order valence-corrected chi connectivity index (χ1v) is 10.3. The van der Waals surface area contributed by atoms with Gasteiger partial charge in [0.2, 0.25) is 11.8 Å². The van der Waals surface area contributed by atoms with Crippen LogP contribution in [0.3, 0.4) is 0 Å². The first-order valence-electron chi connectivity index (χ1n) is 10.3. The third-order valence-electron chi connectivity index (χ3n) is 5.89. The molecule has 31 heavy (non-hydrogen) atoms. The Labute approximate surface area is 179 Å². The van der Waals surface area contributed by atoms with Crippen LogP contribution in [0, 0.1) is 0 Å². The number of fused-ring (bicyclic) bond motifs is 1. The highest BCUT2D eigenvalue weighted by Gasteiger charge is 2.45. The first-order chi connectivity index (χ1) is 14.9. The lowest BCUT2D eigenvalue weighted by molar-refractivity contribution is -0.136.